The average Bonchev–Trinajstić information content (AvgIpc) is 2.17. The zero-order valence-corrected chi connectivity index (χ0v) is 6.15. The van der Waals surface area contributed by atoms with Gasteiger partial charge in [0.2, 0.25) is 11.8 Å². The smallest absolute Gasteiger partial charge is 0.245 e. The van der Waals surface area contributed by atoms with Gasteiger partial charge in [0.15, 0.2) is 0 Å². The molecule has 0 N–H and O–H groups in total. The van der Waals surface area contributed by atoms with E-state index in [1.165, 1.54) is 7.05 Å². The fourth-order valence-electron chi connectivity index (χ4n) is 0.791. The molecule has 0 bridgehead atoms. The Morgan fingerprint density at radius 1 is 1.70 bits per heavy atom. The molecule has 1 saturated heterocycles. The van der Waals surface area contributed by atoms with Crippen molar-refractivity contribution in [2.24, 2.45) is 0 Å². The van der Waals surface area contributed by atoms with E-state index in [0.717, 1.165) is 4.90 Å². The van der Waals surface area contributed by atoms with Crippen molar-refractivity contribution in [1.29, 1.82) is 0 Å². The lowest BCUT2D eigenvalue weighted by molar-refractivity contribution is -0.136. The summed E-state index contributed by atoms with van der Waals surface area (Å²) >= 11 is -0.0640. The van der Waals surface area contributed by atoms with Crippen LogP contribution in [0.5, 0.6) is 0 Å². The second-order valence-corrected chi connectivity index (χ2v) is 2.82. The van der Waals surface area contributed by atoms with Crippen LogP contribution in [0.2, 0.25) is 0 Å². The number of likely N-dealkylation sites (tertiary alicyclic amines) is 1. The van der Waals surface area contributed by atoms with Crippen LogP contribution in [-0.4, -0.2) is 29.0 Å². The highest BCUT2D eigenvalue weighted by molar-refractivity contribution is 7.95. The van der Waals surface area contributed by atoms with Gasteiger partial charge in [-0.2, -0.15) is 3.89 Å². The lowest BCUT2D eigenvalue weighted by Gasteiger charge is -2.03. The topological polar surface area (TPSA) is 37.4 Å². The number of hydrogen-bond donors (Lipinski definition) is 0. The minimum atomic E-state index is -0.794. The monoisotopic (exact) mass is 163 g/mol. The van der Waals surface area contributed by atoms with Gasteiger partial charge in [0.05, 0.1) is 18.6 Å². The summed E-state index contributed by atoms with van der Waals surface area (Å²) in [7, 11) is 1.36. The molecular weight excluding hydrogens is 157 g/mol. The summed E-state index contributed by atoms with van der Waals surface area (Å²) in [5, 5.41) is -0.794. The van der Waals surface area contributed by atoms with Gasteiger partial charge in [-0.05, 0) is 0 Å². The number of carbonyl (C=O) groups is 2. The first-order chi connectivity index (χ1) is 4.66. The van der Waals surface area contributed by atoms with Crippen molar-refractivity contribution < 1.29 is 13.5 Å². The molecule has 2 amide bonds. The molecule has 0 aliphatic carbocycles. The zero-order chi connectivity index (χ0) is 7.72. The Kier molecular flexibility index (Phi) is 1.94. The average molecular weight is 163 g/mol. The molecule has 1 atom stereocenters. The minimum Gasteiger partial charge on any atom is -0.285 e. The molecule has 1 unspecified atom stereocenters. The number of halogens is 1. The van der Waals surface area contributed by atoms with Crippen LogP contribution in [0.1, 0.15) is 6.42 Å². The van der Waals surface area contributed by atoms with Crippen LogP contribution in [0.25, 0.3) is 0 Å². The van der Waals surface area contributed by atoms with Crippen LogP contribution >= 0.6 is 12.1 Å². The maximum atomic E-state index is 11.8. The first-order valence-electron chi connectivity index (χ1n) is 2.74. The molecule has 0 aromatic heterocycles. The number of carbonyl (C=O) groups excluding carboxylic acids is 2. The van der Waals surface area contributed by atoms with Crippen LogP contribution in [-0.2, 0) is 9.59 Å². The predicted molar refractivity (Wildman–Crippen MR) is 34.9 cm³/mol. The fourth-order valence-corrected chi connectivity index (χ4v) is 1.23. The van der Waals surface area contributed by atoms with Gasteiger partial charge in [0, 0.05) is 7.05 Å². The van der Waals surface area contributed by atoms with Crippen LogP contribution in [0.4, 0.5) is 3.89 Å². The third kappa shape index (κ3) is 1.01. The van der Waals surface area contributed by atoms with E-state index in [0.29, 0.717) is 0 Å². The van der Waals surface area contributed by atoms with Gasteiger partial charge in [0.1, 0.15) is 5.25 Å². The number of amides is 2. The second kappa shape index (κ2) is 2.57. The summed E-state index contributed by atoms with van der Waals surface area (Å²) in [5.74, 6) is -0.738. The normalized spacial score (nSPS) is 26.2. The molecule has 1 aliphatic rings. The Morgan fingerprint density at radius 3 is 2.50 bits per heavy atom. The Bertz CT molecular complexity index is 184. The maximum absolute atomic E-state index is 11.8. The minimum absolute atomic E-state index is 0.00347. The molecular formula is C5H6FNO2S. The van der Waals surface area contributed by atoms with Gasteiger partial charge in [0.25, 0.3) is 0 Å². The fraction of sp³-hybridized carbons (Fsp3) is 0.600. The van der Waals surface area contributed by atoms with E-state index in [1.54, 1.807) is 0 Å². The summed E-state index contributed by atoms with van der Waals surface area (Å²) in [4.78, 5) is 22.4. The number of imide groups is 1. The van der Waals surface area contributed by atoms with Crippen molar-refractivity contribution >= 4 is 24.0 Å². The molecule has 1 rings (SSSR count). The van der Waals surface area contributed by atoms with E-state index in [2.05, 4.69) is 0 Å². The molecule has 0 spiro atoms. The molecule has 0 aromatic carbocycles. The Balaban J connectivity index is 2.71. The largest absolute Gasteiger partial charge is 0.285 e. The van der Waals surface area contributed by atoms with Crippen LogP contribution in [0, 0.1) is 0 Å². The van der Waals surface area contributed by atoms with E-state index in [-0.39, 0.29) is 24.5 Å². The number of rotatable bonds is 1. The maximum Gasteiger partial charge on any atom is 0.245 e. The highest BCUT2D eigenvalue weighted by Gasteiger charge is 2.36. The quantitative estimate of drug-likeness (QED) is 0.524. The highest BCUT2D eigenvalue weighted by Crippen LogP contribution is 2.24. The van der Waals surface area contributed by atoms with Gasteiger partial charge >= 0.3 is 0 Å². The Morgan fingerprint density at radius 2 is 2.30 bits per heavy atom. The molecule has 0 saturated carbocycles. The summed E-state index contributed by atoms with van der Waals surface area (Å²) in [6.45, 7) is 0. The lowest BCUT2D eigenvalue weighted by Crippen LogP contribution is -2.26. The van der Waals surface area contributed by atoms with E-state index in [4.69, 9.17) is 0 Å². The van der Waals surface area contributed by atoms with Crippen LogP contribution < -0.4 is 0 Å². The van der Waals surface area contributed by atoms with E-state index in [9.17, 15) is 13.5 Å². The summed E-state index contributed by atoms with van der Waals surface area (Å²) in [6.07, 6.45) is -0.00347. The Labute approximate surface area is 61.9 Å². The molecule has 1 heterocycles. The summed E-state index contributed by atoms with van der Waals surface area (Å²) in [5.41, 5.74) is 0. The molecule has 56 valence electrons. The van der Waals surface area contributed by atoms with Gasteiger partial charge in [-0.3, -0.25) is 14.5 Å². The van der Waals surface area contributed by atoms with Crippen LogP contribution in [0.3, 0.4) is 0 Å². The molecule has 0 radical (unpaired) electrons. The van der Waals surface area contributed by atoms with Crippen molar-refractivity contribution in [2.75, 3.05) is 7.05 Å². The van der Waals surface area contributed by atoms with Crippen molar-refractivity contribution in [3.05, 3.63) is 0 Å². The molecule has 10 heavy (non-hydrogen) atoms. The van der Waals surface area contributed by atoms with E-state index in [1.807, 2.05) is 0 Å². The second-order valence-electron chi connectivity index (χ2n) is 2.07. The predicted octanol–water partition coefficient (Wildman–Crippen LogP) is 0.361. The SMILES string of the molecule is CN1C(=O)CC(SF)C1=O. The molecule has 3 nitrogen and oxygen atoms in total. The van der Waals surface area contributed by atoms with Gasteiger partial charge < -0.3 is 0 Å². The van der Waals surface area contributed by atoms with Gasteiger partial charge in [-0.1, -0.05) is 0 Å². The van der Waals surface area contributed by atoms with E-state index < -0.39 is 11.2 Å². The first-order valence-corrected chi connectivity index (χ1v) is 3.52. The third-order valence-electron chi connectivity index (χ3n) is 1.45. The first kappa shape index (κ1) is 7.53. The van der Waals surface area contributed by atoms with Crippen molar-refractivity contribution in [3.63, 3.8) is 0 Å². The van der Waals surface area contributed by atoms with E-state index >= 15 is 0 Å². The summed E-state index contributed by atoms with van der Waals surface area (Å²) < 4.78 is 11.8. The van der Waals surface area contributed by atoms with Crippen molar-refractivity contribution in [3.8, 4) is 0 Å². The standard InChI is InChI=1S/C5H6FNO2S/c1-7-4(8)2-3(10-6)5(7)9/h3H,2H2,1H3. The highest BCUT2D eigenvalue weighted by atomic mass is 32.2. The molecule has 0 aromatic rings. The lowest BCUT2D eigenvalue weighted by atomic mass is 10.4. The third-order valence-corrected chi connectivity index (χ3v) is 2.03. The van der Waals surface area contributed by atoms with Crippen molar-refractivity contribution in [1.82, 2.24) is 4.90 Å². The van der Waals surface area contributed by atoms with Crippen LogP contribution in [0.15, 0.2) is 0 Å². The molecule has 1 aliphatic heterocycles. The van der Waals surface area contributed by atoms with Gasteiger partial charge in [-0.15, -0.1) is 0 Å². The molecule has 5 heteroatoms. The number of nitrogens with zero attached hydrogens (tertiary/aromatic N) is 1. The van der Waals surface area contributed by atoms with Crippen molar-refractivity contribution in [2.45, 2.75) is 11.7 Å². The molecule has 1 fully saturated rings. The van der Waals surface area contributed by atoms with Gasteiger partial charge in [-0.25, -0.2) is 0 Å². The summed E-state index contributed by atoms with van der Waals surface area (Å²) in [6, 6.07) is 0. The Hall–Kier alpha value is -0.580. The zero-order valence-electron chi connectivity index (χ0n) is 5.33. The number of hydrogen-bond acceptors (Lipinski definition) is 3.